The first kappa shape index (κ1) is 16.9. The lowest BCUT2D eigenvalue weighted by atomic mass is 10.1. The topological polar surface area (TPSA) is 69.6 Å². The number of hydrogen-bond donors (Lipinski definition) is 2. The number of hydrogen-bond acceptors (Lipinski definition) is 3. The molecule has 0 aliphatic rings. The molecule has 106 valence electrons. The highest BCUT2D eigenvalue weighted by atomic mass is 16.4. The van der Waals surface area contributed by atoms with Crippen molar-refractivity contribution >= 4 is 11.9 Å². The van der Waals surface area contributed by atoms with Crippen molar-refractivity contribution in [2.24, 2.45) is 0 Å². The van der Waals surface area contributed by atoms with E-state index in [9.17, 15) is 9.59 Å². The van der Waals surface area contributed by atoms with E-state index in [1.54, 1.807) is 4.90 Å². The summed E-state index contributed by atoms with van der Waals surface area (Å²) in [5.41, 5.74) is 0. The van der Waals surface area contributed by atoms with Crippen LogP contribution in [0.3, 0.4) is 0 Å². The molecule has 1 atom stereocenters. The number of carboxylic acids is 1. The smallest absolute Gasteiger partial charge is 0.320 e. The van der Waals surface area contributed by atoms with E-state index in [-0.39, 0.29) is 12.5 Å². The predicted molar refractivity (Wildman–Crippen MR) is 71.5 cm³/mol. The van der Waals surface area contributed by atoms with E-state index in [0.717, 1.165) is 32.4 Å². The van der Waals surface area contributed by atoms with Gasteiger partial charge in [0.05, 0.1) is 6.54 Å². The van der Waals surface area contributed by atoms with E-state index in [1.807, 2.05) is 20.8 Å². The quantitative estimate of drug-likeness (QED) is 0.622. The zero-order valence-electron chi connectivity index (χ0n) is 11.7. The number of rotatable bonds is 10. The van der Waals surface area contributed by atoms with Gasteiger partial charge in [-0.2, -0.15) is 0 Å². The van der Waals surface area contributed by atoms with Gasteiger partial charge in [0, 0.05) is 13.1 Å². The van der Waals surface area contributed by atoms with E-state index >= 15 is 0 Å². The number of carbonyl (C=O) groups is 2. The summed E-state index contributed by atoms with van der Waals surface area (Å²) in [5.74, 6) is -0.900. The van der Waals surface area contributed by atoms with Crippen molar-refractivity contribution in [2.45, 2.75) is 52.5 Å². The Hall–Kier alpha value is -1.10. The third-order valence-electron chi connectivity index (χ3n) is 2.71. The molecule has 0 heterocycles. The summed E-state index contributed by atoms with van der Waals surface area (Å²) in [4.78, 5) is 24.7. The van der Waals surface area contributed by atoms with Crippen molar-refractivity contribution in [3.63, 3.8) is 0 Å². The van der Waals surface area contributed by atoms with Gasteiger partial charge in [0.2, 0.25) is 5.91 Å². The lowest BCUT2D eigenvalue weighted by Gasteiger charge is -2.22. The van der Waals surface area contributed by atoms with Crippen molar-refractivity contribution in [1.29, 1.82) is 0 Å². The number of aliphatic carboxylic acids is 1. The van der Waals surface area contributed by atoms with Gasteiger partial charge in [0.15, 0.2) is 0 Å². The first-order chi connectivity index (χ1) is 8.56. The second-order valence-electron chi connectivity index (χ2n) is 4.44. The molecule has 1 unspecified atom stereocenters. The molecule has 0 radical (unpaired) electrons. The Morgan fingerprint density at radius 2 is 1.67 bits per heavy atom. The zero-order valence-corrected chi connectivity index (χ0v) is 11.7. The first-order valence-corrected chi connectivity index (χ1v) is 6.80. The van der Waals surface area contributed by atoms with E-state index in [0.29, 0.717) is 6.42 Å². The lowest BCUT2D eigenvalue weighted by molar-refractivity contribution is -0.140. The Balaban J connectivity index is 4.22. The van der Waals surface area contributed by atoms with Crippen LogP contribution in [0.4, 0.5) is 0 Å². The second-order valence-corrected chi connectivity index (χ2v) is 4.44. The Morgan fingerprint density at radius 3 is 2.06 bits per heavy atom. The summed E-state index contributed by atoms with van der Waals surface area (Å²) in [6.45, 7) is 7.57. The van der Waals surface area contributed by atoms with Gasteiger partial charge in [0.25, 0.3) is 0 Å². The summed E-state index contributed by atoms with van der Waals surface area (Å²) in [5, 5.41) is 11.8. The van der Waals surface area contributed by atoms with E-state index in [4.69, 9.17) is 5.11 Å². The van der Waals surface area contributed by atoms with Crippen LogP contribution < -0.4 is 5.32 Å². The third-order valence-corrected chi connectivity index (χ3v) is 2.71. The highest BCUT2D eigenvalue weighted by Crippen LogP contribution is 1.99. The molecule has 0 aromatic carbocycles. The minimum absolute atomic E-state index is 0.0129. The molecule has 0 fully saturated rings. The van der Waals surface area contributed by atoms with Crippen LogP contribution in [0.15, 0.2) is 0 Å². The minimum Gasteiger partial charge on any atom is -0.480 e. The summed E-state index contributed by atoms with van der Waals surface area (Å²) < 4.78 is 0. The Labute approximate surface area is 110 Å². The van der Waals surface area contributed by atoms with Gasteiger partial charge >= 0.3 is 5.97 Å². The van der Waals surface area contributed by atoms with Crippen LogP contribution in [-0.4, -0.2) is 47.6 Å². The zero-order chi connectivity index (χ0) is 14.0. The molecule has 18 heavy (non-hydrogen) atoms. The Bertz CT molecular complexity index is 251. The number of carbonyl (C=O) groups excluding carboxylic acids is 1. The molecule has 5 nitrogen and oxygen atoms in total. The van der Waals surface area contributed by atoms with Crippen LogP contribution >= 0.6 is 0 Å². The van der Waals surface area contributed by atoms with Gasteiger partial charge in [-0.15, -0.1) is 0 Å². The van der Waals surface area contributed by atoms with E-state index < -0.39 is 12.0 Å². The molecule has 5 heteroatoms. The van der Waals surface area contributed by atoms with Crippen LogP contribution in [-0.2, 0) is 9.59 Å². The SMILES string of the molecule is CCCC(NCC(=O)N(CCC)CCC)C(=O)O. The normalized spacial score (nSPS) is 12.2. The number of amides is 1. The highest BCUT2D eigenvalue weighted by molar-refractivity contribution is 5.80. The first-order valence-electron chi connectivity index (χ1n) is 6.80. The summed E-state index contributed by atoms with van der Waals surface area (Å²) in [6, 6.07) is -0.621. The summed E-state index contributed by atoms with van der Waals surface area (Å²) >= 11 is 0. The maximum absolute atomic E-state index is 11.9. The lowest BCUT2D eigenvalue weighted by Crippen LogP contribution is -2.45. The molecule has 0 rings (SSSR count). The molecule has 0 spiro atoms. The van der Waals surface area contributed by atoms with Gasteiger partial charge in [-0.05, 0) is 19.3 Å². The van der Waals surface area contributed by atoms with Gasteiger partial charge < -0.3 is 10.0 Å². The fourth-order valence-corrected chi connectivity index (χ4v) is 1.82. The molecule has 0 aliphatic heterocycles. The Morgan fingerprint density at radius 1 is 1.11 bits per heavy atom. The van der Waals surface area contributed by atoms with Crippen LogP contribution in [0.5, 0.6) is 0 Å². The summed E-state index contributed by atoms with van der Waals surface area (Å²) in [6.07, 6.45) is 3.17. The summed E-state index contributed by atoms with van der Waals surface area (Å²) in [7, 11) is 0. The third kappa shape index (κ3) is 6.59. The van der Waals surface area contributed by atoms with Crippen LogP contribution in [0.1, 0.15) is 46.5 Å². The molecular weight excluding hydrogens is 232 g/mol. The number of nitrogens with one attached hydrogen (secondary N) is 1. The molecule has 0 aromatic heterocycles. The van der Waals surface area contributed by atoms with Gasteiger partial charge in [-0.25, -0.2) is 0 Å². The van der Waals surface area contributed by atoms with Gasteiger partial charge in [-0.1, -0.05) is 27.2 Å². The van der Waals surface area contributed by atoms with Crippen molar-refractivity contribution in [3.8, 4) is 0 Å². The molecule has 0 aromatic rings. The molecule has 0 saturated heterocycles. The predicted octanol–water partition coefficient (Wildman–Crippen LogP) is 1.48. The molecule has 0 bridgehead atoms. The highest BCUT2D eigenvalue weighted by Gasteiger charge is 2.18. The standard InChI is InChI=1S/C13H26N2O3/c1-4-7-11(13(17)18)14-10-12(16)15(8-5-2)9-6-3/h11,14H,4-10H2,1-3H3,(H,17,18). The van der Waals surface area contributed by atoms with Crippen molar-refractivity contribution < 1.29 is 14.7 Å². The fourth-order valence-electron chi connectivity index (χ4n) is 1.82. The average molecular weight is 258 g/mol. The van der Waals surface area contributed by atoms with Crippen LogP contribution in [0, 0.1) is 0 Å². The molecule has 0 saturated carbocycles. The minimum atomic E-state index is -0.887. The largest absolute Gasteiger partial charge is 0.480 e. The van der Waals surface area contributed by atoms with E-state index in [2.05, 4.69) is 5.32 Å². The fraction of sp³-hybridized carbons (Fsp3) is 0.846. The molecule has 0 aliphatic carbocycles. The molecule has 1 amide bonds. The van der Waals surface area contributed by atoms with Crippen LogP contribution in [0.25, 0.3) is 0 Å². The maximum Gasteiger partial charge on any atom is 0.320 e. The number of carboxylic acid groups (broad SMARTS) is 1. The van der Waals surface area contributed by atoms with Crippen molar-refractivity contribution in [3.05, 3.63) is 0 Å². The van der Waals surface area contributed by atoms with Gasteiger partial charge in [-0.3, -0.25) is 14.9 Å². The van der Waals surface area contributed by atoms with Crippen LogP contribution in [0.2, 0.25) is 0 Å². The molecular formula is C13H26N2O3. The van der Waals surface area contributed by atoms with E-state index in [1.165, 1.54) is 0 Å². The van der Waals surface area contributed by atoms with Crippen molar-refractivity contribution in [2.75, 3.05) is 19.6 Å². The average Bonchev–Trinajstić information content (AvgIpc) is 2.33. The number of nitrogens with zero attached hydrogens (tertiary/aromatic N) is 1. The Kier molecular flexibility index (Phi) is 9.28. The van der Waals surface area contributed by atoms with Crippen molar-refractivity contribution in [1.82, 2.24) is 10.2 Å². The monoisotopic (exact) mass is 258 g/mol. The molecule has 2 N–H and O–H groups in total. The second kappa shape index (κ2) is 9.88. The maximum atomic E-state index is 11.9. The van der Waals surface area contributed by atoms with Gasteiger partial charge in [0.1, 0.15) is 6.04 Å².